The maximum atomic E-state index is 2.63. The van der Waals surface area contributed by atoms with Crippen LogP contribution >= 0.6 is 11.8 Å². The normalized spacial score (nSPS) is 26.3. The molecule has 0 aromatic carbocycles. The molecule has 1 saturated heterocycles. The Morgan fingerprint density at radius 2 is 2.08 bits per heavy atom. The fourth-order valence-corrected chi connectivity index (χ4v) is 3.09. The molecule has 0 aliphatic carbocycles. The highest BCUT2D eigenvalue weighted by Crippen LogP contribution is 2.24. The molecule has 0 aromatic heterocycles. The van der Waals surface area contributed by atoms with E-state index in [4.69, 9.17) is 0 Å². The van der Waals surface area contributed by atoms with Crippen LogP contribution in [0.2, 0.25) is 0 Å². The number of rotatable bonds is 2. The number of hydrogen-bond donors (Lipinski definition) is 0. The van der Waals surface area contributed by atoms with Gasteiger partial charge in [-0.1, -0.05) is 27.7 Å². The first-order valence-electron chi connectivity index (χ1n) is 5.35. The Bertz CT molecular complexity index is 151. The second kappa shape index (κ2) is 4.70. The monoisotopic (exact) mass is 201 g/mol. The first kappa shape index (κ1) is 11.4. The molecule has 0 saturated carbocycles. The number of thioether (sulfide) groups is 1. The van der Waals surface area contributed by atoms with Gasteiger partial charge in [0.25, 0.3) is 0 Å². The maximum Gasteiger partial charge on any atom is 0.0172 e. The molecule has 0 bridgehead atoms. The second-order valence-electron chi connectivity index (χ2n) is 5.20. The smallest absolute Gasteiger partial charge is 0.0172 e. The third kappa shape index (κ3) is 4.37. The summed E-state index contributed by atoms with van der Waals surface area (Å²) >= 11 is 2.15. The Morgan fingerprint density at radius 1 is 1.38 bits per heavy atom. The Labute approximate surface area is 87.3 Å². The molecule has 2 heteroatoms. The number of hydrogen-bond acceptors (Lipinski definition) is 2. The van der Waals surface area contributed by atoms with Gasteiger partial charge in [-0.05, 0) is 11.8 Å². The summed E-state index contributed by atoms with van der Waals surface area (Å²) in [4.78, 5) is 2.63. The summed E-state index contributed by atoms with van der Waals surface area (Å²) in [5, 5.41) is 0.885. The summed E-state index contributed by atoms with van der Waals surface area (Å²) in [7, 11) is 0. The summed E-state index contributed by atoms with van der Waals surface area (Å²) in [6.45, 7) is 13.1. The minimum Gasteiger partial charge on any atom is -0.301 e. The fraction of sp³-hybridized carbons (Fsp3) is 1.00. The van der Waals surface area contributed by atoms with Crippen LogP contribution in [0.3, 0.4) is 0 Å². The third-order valence-electron chi connectivity index (χ3n) is 2.38. The van der Waals surface area contributed by atoms with Gasteiger partial charge in [0.05, 0.1) is 0 Å². The van der Waals surface area contributed by atoms with E-state index in [9.17, 15) is 0 Å². The van der Waals surface area contributed by atoms with Crippen molar-refractivity contribution in [2.75, 3.05) is 25.4 Å². The van der Waals surface area contributed by atoms with Gasteiger partial charge in [-0.2, -0.15) is 11.8 Å². The van der Waals surface area contributed by atoms with Gasteiger partial charge >= 0.3 is 0 Å². The standard InChI is InChI=1S/C11H23NS/c1-5-10-8-12(6-7-13-10)9-11(2,3)4/h10H,5-9H2,1-4H3. The van der Waals surface area contributed by atoms with Crippen molar-refractivity contribution in [3.8, 4) is 0 Å². The summed E-state index contributed by atoms with van der Waals surface area (Å²) in [5.74, 6) is 1.33. The van der Waals surface area contributed by atoms with Gasteiger partial charge in [0, 0.05) is 30.6 Å². The topological polar surface area (TPSA) is 3.24 Å². The fourth-order valence-electron chi connectivity index (χ4n) is 1.84. The van der Waals surface area contributed by atoms with Crippen LogP contribution in [0.4, 0.5) is 0 Å². The van der Waals surface area contributed by atoms with E-state index in [0.29, 0.717) is 5.41 Å². The highest BCUT2D eigenvalue weighted by molar-refractivity contribution is 8.00. The molecule has 1 aliphatic rings. The van der Waals surface area contributed by atoms with Gasteiger partial charge in [-0.25, -0.2) is 0 Å². The van der Waals surface area contributed by atoms with Crippen molar-refractivity contribution in [2.24, 2.45) is 5.41 Å². The van der Waals surface area contributed by atoms with Crippen molar-refractivity contribution in [3.05, 3.63) is 0 Å². The first-order chi connectivity index (χ1) is 6.01. The minimum absolute atomic E-state index is 0.459. The summed E-state index contributed by atoms with van der Waals surface area (Å²) in [6.07, 6.45) is 1.32. The molecule has 1 unspecified atom stereocenters. The van der Waals surface area contributed by atoms with Gasteiger partial charge in [0.1, 0.15) is 0 Å². The predicted molar refractivity (Wildman–Crippen MR) is 62.4 cm³/mol. The third-order valence-corrected chi connectivity index (χ3v) is 3.75. The predicted octanol–water partition coefficient (Wildman–Crippen LogP) is 2.86. The Hall–Kier alpha value is 0.310. The molecule has 1 fully saturated rings. The molecule has 1 rings (SSSR count). The zero-order chi connectivity index (χ0) is 9.90. The van der Waals surface area contributed by atoms with Crippen LogP contribution in [0.5, 0.6) is 0 Å². The average Bonchev–Trinajstić information content (AvgIpc) is 2.01. The molecule has 1 nitrogen and oxygen atoms in total. The van der Waals surface area contributed by atoms with Crippen LogP contribution in [0, 0.1) is 5.41 Å². The van der Waals surface area contributed by atoms with Gasteiger partial charge in [0.2, 0.25) is 0 Å². The molecule has 13 heavy (non-hydrogen) atoms. The van der Waals surface area contributed by atoms with Crippen molar-refractivity contribution in [3.63, 3.8) is 0 Å². The highest BCUT2D eigenvalue weighted by Gasteiger charge is 2.22. The first-order valence-corrected chi connectivity index (χ1v) is 6.40. The minimum atomic E-state index is 0.459. The zero-order valence-electron chi connectivity index (χ0n) is 9.47. The van der Waals surface area contributed by atoms with Gasteiger partial charge in [0.15, 0.2) is 0 Å². The average molecular weight is 201 g/mol. The Morgan fingerprint density at radius 3 is 2.62 bits per heavy atom. The van der Waals surface area contributed by atoms with E-state index in [1.807, 2.05) is 0 Å². The molecular formula is C11H23NS. The van der Waals surface area contributed by atoms with Gasteiger partial charge in [-0.3, -0.25) is 0 Å². The maximum absolute atomic E-state index is 2.63. The molecule has 1 heterocycles. The van der Waals surface area contributed by atoms with Crippen LogP contribution in [-0.2, 0) is 0 Å². The van der Waals surface area contributed by atoms with Crippen molar-refractivity contribution in [1.82, 2.24) is 4.90 Å². The van der Waals surface area contributed by atoms with E-state index >= 15 is 0 Å². The Kier molecular flexibility index (Phi) is 4.11. The van der Waals surface area contributed by atoms with Crippen molar-refractivity contribution in [1.29, 1.82) is 0 Å². The van der Waals surface area contributed by atoms with E-state index < -0.39 is 0 Å². The number of nitrogens with zero attached hydrogens (tertiary/aromatic N) is 1. The quantitative estimate of drug-likeness (QED) is 0.676. The van der Waals surface area contributed by atoms with Gasteiger partial charge < -0.3 is 4.90 Å². The van der Waals surface area contributed by atoms with Crippen LogP contribution in [0.25, 0.3) is 0 Å². The summed E-state index contributed by atoms with van der Waals surface area (Å²) in [5.41, 5.74) is 0.459. The van der Waals surface area contributed by atoms with Crippen molar-refractivity contribution >= 4 is 11.8 Å². The van der Waals surface area contributed by atoms with Crippen molar-refractivity contribution in [2.45, 2.75) is 39.4 Å². The molecule has 0 aromatic rings. The van der Waals surface area contributed by atoms with E-state index in [0.717, 1.165) is 5.25 Å². The molecule has 1 aliphatic heterocycles. The lowest BCUT2D eigenvalue weighted by molar-refractivity contribution is 0.196. The lowest BCUT2D eigenvalue weighted by Crippen LogP contribution is -2.42. The molecule has 0 N–H and O–H groups in total. The molecule has 0 spiro atoms. The Balaban J connectivity index is 2.34. The van der Waals surface area contributed by atoms with Crippen LogP contribution in [-0.4, -0.2) is 35.5 Å². The molecule has 78 valence electrons. The van der Waals surface area contributed by atoms with Crippen molar-refractivity contribution < 1.29 is 0 Å². The van der Waals surface area contributed by atoms with Gasteiger partial charge in [-0.15, -0.1) is 0 Å². The molecule has 1 atom stereocenters. The lowest BCUT2D eigenvalue weighted by Gasteiger charge is -2.36. The van der Waals surface area contributed by atoms with E-state index in [1.54, 1.807) is 0 Å². The largest absolute Gasteiger partial charge is 0.301 e. The zero-order valence-corrected chi connectivity index (χ0v) is 10.3. The summed E-state index contributed by atoms with van der Waals surface area (Å²) in [6, 6.07) is 0. The van der Waals surface area contributed by atoms with Crippen LogP contribution in [0.1, 0.15) is 34.1 Å². The second-order valence-corrected chi connectivity index (χ2v) is 6.61. The van der Waals surface area contributed by atoms with E-state index in [-0.39, 0.29) is 0 Å². The summed E-state index contributed by atoms with van der Waals surface area (Å²) < 4.78 is 0. The lowest BCUT2D eigenvalue weighted by atomic mass is 9.96. The van der Waals surface area contributed by atoms with E-state index in [2.05, 4.69) is 44.4 Å². The van der Waals surface area contributed by atoms with Crippen LogP contribution in [0.15, 0.2) is 0 Å². The molecule has 0 amide bonds. The van der Waals surface area contributed by atoms with E-state index in [1.165, 1.54) is 31.8 Å². The SMILES string of the molecule is CCC1CN(CC(C)(C)C)CCS1. The molecule has 0 radical (unpaired) electrons. The van der Waals surface area contributed by atoms with Crippen LogP contribution < -0.4 is 0 Å². The molecular weight excluding hydrogens is 178 g/mol. The highest BCUT2D eigenvalue weighted by atomic mass is 32.2.